The number of aryl methyl sites for hydroxylation is 1. The minimum atomic E-state index is -0.865. The van der Waals surface area contributed by atoms with E-state index in [2.05, 4.69) is 10.2 Å². The van der Waals surface area contributed by atoms with Crippen LogP contribution in [0, 0.1) is 18.7 Å². The van der Waals surface area contributed by atoms with Gasteiger partial charge in [-0.3, -0.25) is 19.3 Å². The first kappa shape index (κ1) is 24.9. The molecule has 1 saturated heterocycles. The molecule has 0 aromatic heterocycles. The average molecular weight is 481 g/mol. The first-order valence-corrected chi connectivity index (χ1v) is 12.3. The molecule has 2 aromatic rings. The van der Waals surface area contributed by atoms with Gasteiger partial charge < -0.3 is 16.0 Å². The number of nitrogens with two attached hydrogens (primary N) is 1. The number of carbonyl (C=O) groups is 3. The van der Waals surface area contributed by atoms with Gasteiger partial charge in [0.25, 0.3) is 5.91 Å². The van der Waals surface area contributed by atoms with Crippen LogP contribution in [0.25, 0.3) is 0 Å². The third kappa shape index (κ3) is 5.70. The van der Waals surface area contributed by atoms with E-state index in [4.69, 9.17) is 5.73 Å². The van der Waals surface area contributed by atoms with Crippen LogP contribution < -0.4 is 11.1 Å². The highest BCUT2D eigenvalue weighted by Gasteiger charge is 2.38. The van der Waals surface area contributed by atoms with E-state index in [-0.39, 0.29) is 29.6 Å². The maximum atomic E-state index is 13.9. The number of piperazine rings is 1. The van der Waals surface area contributed by atoms with Crippen molar-refractivity contribution in [1.29, 1.82) is 0 Å². The third-order valence-electron chi connectivity index (χ3n) is 7.26. The highest BCUT2D eigenvalue weighted by molar-refractivity contribution is 5.94. The summed E-state index contributed by atoms with van der Waals surface area (Å²) >= 11 is 0. The van der Waals surface area contributed by atoms with Crippen molar-refractivity contribution >= 4 is 17.7 Å². The van der Waals surface area contributed by atoms with Gasteiger partial charge in [-0.2, -0.15) is 0 Å². The molecule has 4 rings (SSSR count). The standard InChI is InChI=1S/C27H33FN4O3/c1-18-11-12-20(17-22(18)28)27(35)32-15-13-31(14-16-32)23-10-6-5-9-21(23)26(34)30-24(25(29)33)19-7-3-2-4-8-19/h2-4,7-8,11-12,17,21,23-24H,5-6,9-10,13-16H2,1H3,(H2,29,33)(H,30,34)/t21-,23-,24+/m1/s1. The van der Waals surface area contributed by atoms with Gasteiger partial charge in [0.05, 0.1) is 5.92 Å². The molecule has 0 unspecified atom stereocenters. The van der Waals surface area contributed by atoms with Crippen molar-refractivity contribution < 1.29 is 18.8 Å². The number of hydrogen-bond acceptors (Lipinski definition) is 4. The largest absolute Gasteiger partial charge is 0.368 e. The number of nitrogens with zero attached hydrogens (tertiary/aromatic N) is 2. The lowest BCUT2D eigenvalue weighted by atomic mass is 9.82. The van der Waals surface area contributed by atoms with Crippen LogP contribution in [0.4, 0.5) is 4.39 Å². The van der Waals surface area contributed by atoms with Gasteiger partial charge in [-0.25, -0.2) is 4.39 Å². The molecule has 2 aliphatic rings. The topological polar surface area (TPSA) is 95.7 Å². The van der Waals surface area contributed by atoms with Crippen molar-refractivity contribution in [2.45, 2.75) is 44.7 Å². The molecule has 0 bridgehead atoms. The number of rotatable bonds is 6. The summed E-state index contributed by atoms with van der Waals surface area (Å²) in [5.74, 6) is -1.54. The molecule has 8 heteroatoms. The Morgan fingerprint density at radius 2 is 1.69 bits per heavy atom. The summed E-state index contributed by atoms with van der Waals surface area (Å²) in [6.45, 7) is 4.00. The van der Waals surface area contributed by atoms with Gasteiger partial charge in [-0.05, 0) is 43.0 Å². The second-order valence-electron chi connectivity index (χ2n) is 9.51. The number of hydrogen-bond donors (Lipinski definition) is 2. The zero-order chi connectivity index (χ0) is 24.9. The molecule has 1 heterocycles. The lowest BCUT2D eigenvalue weighted by Gasteiger charge is -2.44. The second-order valence-corrected chi connectivity index (χ2v) is 9.51. The SMILES string of the molecule is Cc1ccc(C(=O)N2CCN([C@@H]3CCCC[C@H]3C(=O)N[C@H](C(N)=O)c3ccccc3)CC2)cc1F. The Bertz CT molecular complexity index is 1070. The average Bonchev–Trinajstić information content (AvgIpc) is 2.88. The predicted molar refractivity (Wildman–Crippen MR) is 131 cm³/mol. The number of primary amides is 1. The molecule has 1 aliphatic carbocycles. The van der Waals surface area contributed by atoms with E-state index in [0.717, 1.165) is 25.7 Å². The van der Waals surface area contributed by atoms with Crippen LogP contribution in [-0.2, 0) is 9.59 Å². The maximum absolute atomic E-state index is 13.9. The van der Waals surface area contributed by atoms with Gasteiger partial charge in [0.15, 0.2) is 0 Å². The fourth-order valence-corrected chi connectivity index (χ4v) is 5.23. The molecule has 2 aromatic carbocycles. The quantitative estimate of drug-likeness (QED) is 0.665. The molecule has 0 radical (unpaired) electrons. The minimum absolute atomic E-state index is 0.0436. The fourth-order valence-electron chi connectivity index (χ4n) is 5.23. The molecule has 186 valence electrons. The summed E-state index contributed by atoms with van der Waals surface area (Å²) in [4.78, 5) is 42.3. The first-order chi connectivity index (χ1) is 16.8. The molecular weight excluding hydrogens is 447 g/mol. The Labute approximate surface area is 205 Å². The predicted octanol–water partition coefficient (Wildman–Crippen LogP) is 2.79. The monoisotopic (exact) mass is 480 g/mol. The number of amides is 3. The van der Waals surface area contributed by atoms with Crippen LogP contribution in [0.15, 0.2) is 48.5 Å². The van der Waals surface area contributed by atoms with Gasteiger partial charge in [0.2, 0.25) is 11.8 Å². The molecule has 3 atom stereocenters. The lowest BCUT2D eigenvalue weighted by molar-refractivity contribution is -0.133. The first-order valence-electron chi connectivity index (χ1n) is 12.3. The molecule has 7 nitrogen and oxygen atoms in total. The fraction of sp³-hybridized carbons (Fsp3) is 0.444. The van der Waals surface area contributed by atoms with Gasteiger partial charge in [0, 0.05) is 37.8 Å². The highest BCUT2D eigenvalue weighted by Crippen LogP contribution is 2.30. The van der Waals surface area contributed by atoms with Gasteiger partial charge in [-0.15, -0.1) is 0 Å². The zero-order valence-electron chi connectivity index (χ0n) is 20.1. The Morgan fingerprint density at radius 3 is 2.34 bits per heavy atom. The molecule has 0 spiro atoms. The molecule has 3 amide bonds. The summed E-state index contributed by atoms with van der Waals surface area (Å²) in [5, 5.41) is 2.89. The Kier molecular flexibility index (Phi) is 7.80. The second kappa shape index (κ2) is 11.0. The van der Waals surface area contributed by atoms with E-state index in [1.807, 2.05) is 18.2 Å². The zero-order valence-corrected chi connectivity index (χ0v) is 20.1. The van der Waals surface area contributed by atoms with E-state index >= 15 is 0 Å². The van der Waals surface area contributed by atoms with Crippen LogP contribution in [-0.4, -0.2) is 59.7 Å². The molecule has 2 fully saturated rings. The number of halogens is 1. The summed E-state index contributed by atoms with van der Waals surface area (Å²) in [5.41, 5.74) is 7.14. The molecule has 1 aliphatic heterocycles. The minimum Gasteiger partial charge on any atom is -0.368 e. The van der Waals surface area contributed by atoms with Gasteiger partial charge >= 0.3 is 0 Å². The smallest absolute Gasteiger partial charge is 0.254 e. The number of benzene rings is 2. The highest BCUT2D eigenvalue weighted by atomic mass is 19.1. The molecular formula is C27H33FN4O3. The van der Waals surface area contributed by atoms with Crippen molar-refractivity contribution in [2.24, 2.45) is 11.7 Å². The van der Waals surface area contributed by atoms with Crippen LogP contribution in [0.2, 0.25) is 0 Å². The van der Waals surface area contributed by atoms with E-state index in [0.29, 0.717) is 42.9 Å². The van der Waals surface area contributed by atoms with Crippen molar-refractivity contribution in [1.82, 2.24) is 15.1 Å². The number of nitrogens with one attached hydrogen (secondary N) is 1. The summed E-state index contributed by atoms with van der Waals surface area (Å²) in [6.07, 6.45) is 3.63. The summed E-state index contributed by atoms with van der Waals surface area (Å²) in [7, 11) is 0. The van der Waals surface area contributed by atoms with Crippen LogP contribution in [0.5, 0.6) is 0 Å². The van der Waals surface area contributed by atoms with E-state index < -0.39 is 11.9 Å². The van der Waals surface area contributed by atoms with Crippen LogP contribution >= 0.6 is 0 Å². The Balaban J connectivity index is 1.40. The van der Waals surface area contributed by atoms with Gasteiger partial charge in [0.1, 0.15) is 11.9 Å². The normalized spacial score (nSPS) is 21.8. The van der Waals surface area contributed by atoms with Gasteiger partial charge in [-0.1, -0.05) is 49.2 Å². The molecule has 3 N–H and O–H groups in total. The van der Waals surface area contributed by atoms with Crippen molar-refractivity contribution in [3.05, 3.63) is 71.0 Å². The Hall–Kier alpha value is -3.26. The van der Waals surface area contributed by atoms with Crippen molar-refractivity contribution in [3.63, 3.8) is 0 Å². The molecule has 35 heavy (non-hydrogen) atoms. The molecule has 1 saturated carbocycles. The summed E-state index contributed by atoms with van der Waals surface area (Å²) in [6, 6.07) is 12.8. The van der Waals surface area contributed by atoms with E-state index in [9.17, 15) is 18.8 Å². The Morgan fingerprint density at radius 1 is 1.00 bits per heavy atom. The van der Waals surface area contributed by atoms with Crippen LogP contribution in [0.1, 0.15) is 53.2 Å². The lowest BCUT2D eigenvalue weighted by Crippen LogP contribution is -2.56. The summed E-state index contributed by atoms with van der Waals surface area (Å²) < 4.78 is 13.9. The van der Waals surface area contributed by atoms with E-state index in [1.54, 1.807) is 36.1 Å². The third-order valence-corrected chi connectivity index (χ3v) is 7.26. The van der Waals surface area contributed by atoms with E-state index in [1.165, 1.54) is 6.07 Å². The van der Waals surface area contributed by atoms with Crippen molar-refractivity contribution in [2.75, 3.05) is 26.2 Å². The maximum Gasteiger partial charge on any atom is 0.254 e. The number of carbonyl (C=O) groups excluding carboxylic acids is 3. The van der Waals surface area contributed by atoms with Crippen LogP contribution in [0.3, 0.4) is 0 Å². The van der Waals surface area contributed by atoms with Crippen molar-refractivity contribution in [3.8, 4) is 0 Å².